The van der Waals surface area contributed by atoms with E-state index < -0.39 is 0 Å². The molecule has 0 radical (unpaired) electrons. The first-order valence-electron chi connectivity index (χ1n) is 6.17. The van der Waals surface area contributed by atoms with Crippen molar-refractivity contribution in [2.45, 2.75) is 51.7 Å². The minimum atomic E-state index is 0.477. The van der Waals surface area contributed by atoms with E-state index in [1.807, 2.05) is 6.92 Å². The van der Waals surface area contributed by atoms with Crippen molar-refractivity contribution in [3.63, 3.8) is 0 Å². The van der Waals surface area contributed by atoms with Gasteiger partial charge in [-0.25, -0.2) is 0 Å². The number of rotatable bonds is 5. The van der Waals surface area contributed by atoms with Crippen LogP contribution in [0, 0.1) is 0 Å². The highest BCUT2D eigenvalue weighted by Crippen LogP contribution is 2.15. The smallest absolute Gasteiger partial charge is 0.0616 e. The number of likely N-dealkylation sites (tertiary alicyclic amines) is 1. The fourth-order valence-corrected chi connectivity index (χ4v) is 2.19. The molecule has 0 aromatic rings. The summed E-state index contributed by atoms with van der Waals surface area (Å²) < 4.78 is 5.41. The summed E-state index contributed by atoms with van der Waals surface area (Å²) in [5.41, 5.74) is 0. The largest absolute Gasteiger partial charge is 0.380 e. The van der Waals surface area contributed by atoms with E-state index >= 15 is 0 Å². The molecular weight excluding hydrogens is 188 g/mol. The molecule has 15 heavy (non-hydrogen) atoms. The van der Waals surface area contributed by atoms with Crippen LogP contribution in [-0.4, -0.2) is 49.8 Å². The molecule has 1 fully saturated rings. The van der Waals surface area contributed by atoms with E-state index in [1.165, 1.54) is 19.4 Å². The first-order valence-corrected chi connectivity index (χ1v) is 6.17. The first kappa shape index (κ1) is 12.9. The van der Waals surface area contributed by atoms with E-state index in [0.717, 1.165) is 13.2 Å². The monoisotopic (exact) mass is 214 g/mol. The van der Waals surface area contributed by atoms with Crippen LogP contribution in [0.15, 0.2) is 0 Å². The van der Waals surface area contributed by atoms with Crippen LogP contribution in [0.1, 0.15) is 33.6 Å². The molecule has 90 valence electrons. The van der Waals surface area contributed by atoms with Gasteiger partial charge in [-0.05, 0) is 47.2 Å². The third kappa shape index (κ3) is 4.49. The molecule has 0 aliphatic carbocycles. The number of hydrogen-bond donors (Lipinski definition) is 1. The van der Waals surface area contributed by atoms with Gasteiger partial charge in [0.05, 0.1) is 6.61 Å². The highest BCUT2D eigenvalue weighted by atomic mass is 16.5. The van der Waals surface area contributed by atoms with Gasteiger partial charge in [-0.1, -0.05) is 0 Å². The van der Waals surface area contributed by atoms with E-state index in [4.69, 9.17) is 4.74 Å². The maximum absolute atomic E-state index is 5.41. The standard InChI is InChI=1S/C12H26N2O/c1-5-15-9-10(2)13-12-6-7-14(4)11(3)8-12/h10-13H,5-9H2,1-4H3. The molecule has 0 bridgehead atoms. The quantitative estimate of drug-likeness (QED) is 0.750. The second-order valence-electron chi connectivity index (χ2n) is 4.78. The zero-order valence-corrected chi connectivity index (χ0v) is 10.6. The Kier molecular flexibility index (Phi) is 5.58. The molecule has 1 N–H and O–H groups in total. The molecule has 0 aromatic carbocycles. The second-order valence-corrected chi connectivity index (χ2v) is 4.78. The zero-order valence-electron chi connectivity index (χ0n) is 10.6. The normalized spacial score (nSPS) is 30.4. The van der Waals surface area contributed by atoms with Gasteiger partial charge in [0.2, 0.25) is 0 Å². The van der Waals surface area contributed by atoms with Gasteiger partial charge in [0.15, 0.2) is 0 Å². The summed E-state index contributed by atoms with van der Waals surface area (Å²) in [6.07, 6.45) is 2.52. The van der Waals surface area contributed by atoms with Gasteiger partial charge >= 0.3 is 0 Å². The third-order valence-electron chi connectivity index (χ3n) is 3.30. The third-order valence-corrected chi connectivity index (χ3v) is 3.30. The lowest BCUT2D eigenvalue weighted by molar-refractivity contribution is 0.109. The Labute approximate surface area is 94.2 Å². The van der Waals surface area contributed by atoms with Crippen molar-refractivity contribution in [2.24, 2.45) is 0 Å². The minimum absolute atomic E-state index is 0.477. The van der Waals surface area contributed by atoms with Crippen LogP contribution in [0.25, 0.3) is 0 Å². The van der Waals surface area contributed by atoms with Crippen LogP contribution in [-0.2, 0) is 4.74 Å². The van der Waals surface area contributed by atoms with E-state index in [0.29, 0.717) is 18.1 Å². The van der Waals surface area contributed by atoms with Gasteiger partial charge < -0.3 is 15.0 Å². The summed E-state index contributed by atoms with van der Waals surface area (Å²) >= 11 is 0. The summed E-state index contributed by atoms with van der Waals surface area (Å²) in [5.74, 6) is 0. The second kappa shape index (κ2) is 6.46. The van der Waals surface area contributed by atoms with Crippen molar-refractivity contribution in [1.29, 1.82) is 0 Å². The summed E-state index contributed by atoms with van der Waals surface area (Å²) in [7, 11) is 2.21. The average Bonchev–Trinajstić information content (AvgIpc) is 2.20. The van der Waals surface area contributed by atoms with Crippen LogP contribution in [0.2, 0.25) is 0 Å². The predicted octanol–water partition coefficient (Wildman–Crippen LogP) is 1.48. The molecule has 1 aliphatic heterocycles. The SMILES string of the molecule is CCOCC(C)NC1CCN(C)C(C)C1. The van der Waals surface area contributed by atoms with Gasteiger partial charge in [-0.2, -0.15) is 0 Å². The molecule has 3 nitrogen and oxygen atoms in total. The van der Waals surface area contributed by atoms with Crippen LogP contribution in [0.5, 0.6) is 0 Å². The summed E-state index contributed by atoms with van der Waals surface area (Å²) in [4.78, 5) is 2.44. The molecule has 3 unspecified atom stereocenters. The summed E-state index contributed by atoms with van der Waals surface area (Å²) in [6, 6.07) is 1.85. The molecule has 1 saturated heterocycles. The number of nitrogens with zero attached hydrogens (tertiary/aromatic N) is 1. The number of hydrogen-bond acceptors (Lipinski definition) is 3. The van der Waals surface area contributed by atoms with E-state index in [2.05, 4.69) is 31.1 Å². The van der Waals surface area contributed by atoms with Crippen molar-refractivity contribution >= 4 is 0 Å². The maximum atomic E-state index is 5.41. The van der Waals surface area contributed by atoms with Crippen LogP contribution in [0.3, 0.4) is 0 Å². The van der Waals surface area contributed by atoms with Crippen molar-refractivity contribution in [2.75, 3.05) is 26.8 Å². The molecule has 0 spiro atoms. The Hall–Kier alpha value is -0.120. The van der Waals surface area contributed by atoms with Gasteiger partial charge in [-0.15, -0.1) is 0 Å². The molecule has 0 amide bonds. The zero-order chi connectivity index (χ0) is 11.3. The highest BCUT2D eigenvalue weighted by Gasteiger charge is 2.23. The van der Waals surface area contributed by atoms with Gasteiger partial charge in [0.1, 0.15) is 0 Å². The fourth-order valence-electron chi connectivity index (χ4n) is 2.19. The Morgan fingerprint density at radius 2 is 2.27 bits per heavy atom. The van der Waals surface area contributed by atoms with Gasteiger partial charge in [0, 0.05) is 24.7 Å². The fraction of sp³-hybridized carbons (Fsp3) is 1.00. The molecule has 3 atom stereocenters. The van der Waals surface area contributed by atoms with E-state index in [9.17, 15) is 0 Å². The molecule has 1 aliphatic rings. The summed E-state index contributed by atoms with van der Waals surface area (Å²) in [6.45, 7) is 9.41. The molecule has 1 heterocycles. The maximum Gasteiger partial charge on any atom is 0.0616 e. The molecular formula is C12H26N2O. The lowest BCUT2D eigenvalue weighted by Gasteiger charge is -2.36. The Morgan fingerprint density at radius 1 is 1.53 bits per heavy atom. The molecule has 3 heteroatoms. The Bertz CT molecular complexity index is 175. The molecule has 1 rings (SSSR count). The molecule has 0 saturated carbocycles. The van der Waals surface area contributed by atoms with Crippen molar-refractivity contribution in [3.8, 4) is 0 Å². The number of nitrogens with one attached hydrogen (secondary N) is 1. The van der Waals surface area contributed by atoms with E-state index in [-0.39, 0.29) is 0 Å². The van der Waals surface area contributed by atoms with Gasteiger partial charge in [-0.3, -0.25) is 0 Å². The van der Waals surface area contributed by atoms with Crippen LogP contribution < -0.4 is 5.32 Å². The lowest BCUT2D eigenvalue weighted by atomic mass is 9.98. The minimum Gasteiger partial charge on any atom is -0.380 e. The van der Waals surface area contributed by atoms with Crippen LogP contribution in [0.4, 0.5) is 0 Å². The Morgan fingerprint density at radius 3 is 2.87 bits per heavy atom. The first-order chi connectivity index (χ1) is 7.13. The van der Waals surface area contributed by atoms with Crippen LogP contribution >= 0.6 is 0 Å². The lowest BCUT2D eigenvalue weighted by Crippen LogP contribution is -2.48. The summed E-state index contributed by atoms with van der Waals surface area (Å²) in [5, 5.41) is 3.65. The van der Waals surface area contributed by atoms with E-state index in [1.54, 1.807) is 0 Å². The highest BCUT2D eigenvalue weighted by molar-refractivity contribution is 4.82. The van der Waals surface area contributed by atoms with Crippen molar-refractivity contribution in [3.05, 3.63) is 0 Å². The average molecular weight is 214 g/mol. The number of ether oxygens (including phenoxy) is 1. The van der Waals surface area contributed by atoms with Crippen molar-refractivity contribution in [1.82, 2.24) is 10.2 Å². The Balaban J connectivity index is 2.21. The molecule has 0 aromatic heterocycles. The number of piperidine rings is 1. The topological polar surface area (TPSA) is 24.5 Å². The predicted molar refractivity (Wildman–Crippen MR) is 64.2 cm³/mol. The van der Waals surface area contributed by atoms with Crippen molar-refractivity contribution < 1.29 is 4.74 Å². The van der Waals surface area contributed by atoms with Gasteiger partial charge in [0.25, 0.3) is 0 Å².